The first-order chi connectivity index (χ1) is 9.14. The minimum Gasteiger partial charge on any atom is -0.463 e. The Morgan fingerprint density at radius 1 is 1.11 bits per heavy atom. The van der Waals surface area contributed by atoms with Gasteiger partial charge in [0.25, 0.3) is 0 Å². The zero-order valence-electron chi connectivity index (χ0n) is 11.1. The Balaban J connectivity index is 1.51. The Bertz CT molecular complexity index is 393. The highest BCUT2D eigenvalue weighted by molar-refractivity contribution is 5.83. The van der Waals surface area contributed by atoms with E-state index in [0.29, 0.717) is 30.8 Å². The Labute approximate surface area is 112 Å². The molecule has 0 aromatic heterocycles. The number of esters is 2. The Kier molecular flexibility index (Phi) is 2.45. The first kappa shape index (κ1) is 11.7. The van der Waals surface area contributed by atoms with Crippen LogP contribution in [-0.2, 0) is 19.1 Å². The predicted octanol–water partition coefficient (Wildman–Crippen LogP) is 2.06. The van der Waals surface area contributed by atoms with E-state index in [9.17, 15) is 9.59 Å². The van der Waals surface area contributed by atoms with Crippen LogP contribution in [0.4, 0.5) is 0 Å². The predicted molar refractivity (Wildman–Crippen MR) is 66.1 cm³/mol. The molecular weight excluding hydrogens is 244 g/mol. The lowest BCUT2D eigenvalue weighted by Gasteiger charge is -2.55. The van der Waals surface area contributed by atoms with Crippen molar-refractivity contribution in [1.82, 2.24) is 0 Å². The maximum absolute atomic E-state index is 12.6. The summed E-state index contributed by atoms with van der Waals surface area (Å²) >= 11 is 0. The van der Waals surface area contributed by atoms with Gasteiger partial charge in [0.1, 0.15) is 0 Å². The highest BCUT2D eigenvalue weighted by Gasteiger charge is 2.56. The number of hydrogen-bond acceptors (Lipinski definition) is 4. The molecule has 4 heteroatoms. The molecule has 0 amide bonds. The first-order valence-corrected chi connectivity index (χ1v) is 7.52. The number of rotatable bonds is 2. The second kappa shape index (κ2) is 3.97. The molecule has 1 saturated heterocycles. The van der Waals surface area contributed by atoms with Crippen LogP contribution in [0.15, 0.2) is 0 Å². The molecule has 19 heavy (non-hydrogen) atoms. The lowest BCUT2D eigenvalue weighted by molar-refractivity contribution is -0.180. The molecule has 1 atom stereocenters. The third-order valence-electron chi connectivity index (χ3n) is 5.61. The van der Waals surface area contributed by atoms with Crippen molar-refractivity contribution in [2.75, 3.05) is 6.61 Å². The van der Waals surface area contributed by atoms with Gasteiger partial charge in [-0.15, -0.1) is 0 Å². The summed E-state index contributed by atoms with van der Waals surface area (Å²) in [5.74, 6) is 1.67. The van der Waals surface area contributed by atoms with Crippen molar-refractivity contribution < 1.29 is 19.1 Å². The van der Waals surface area contributed by atoms with Crippen LogP contribution >= 0.6 is 0 Å². The average molecular weight is 264 g/mol. The monoisotopic (exact) mass is 264 g/mol. The summed E-state index contributed by atoms with van der Waals surface area (Å²) in [6, 6.07) is 0. The topological polar surface area (TPSA) is 52.6 Å². The van der Waals surface area contributed by atoms with E-state index in [4.69, 9.17) is 9.47 Å². The molecule has 0 aromatic carbocycles. The number of hydrogen-bond donors (Lipinski definition) is 0. The van der Waals surface area contributed by atoms with Gasteiger partial charge in [0.2, 0.25) is 6.10 Å². The minimum atomic E-state index is -0.638. The van der Waals surface area contributed by atoms with Gasteiger partial charge in [0.15, 0.2) is 0 Å². The van der Waals surface area contributed by atoms with Gasteiger partial charge < -0.3 is 9.47 Å². The summed E-state index contributed by atoms with van der Waals surface area (Å²) in [5.41, 5.74) is -0.266. The number of cyclic esters (lactones) is 1. The number of carbonyl (C=O) groups excluding carboxylic acids is 2. The standard InChI is InChI=1S/C15H20O4/c16-13-12(1-2-18-13)19-14(17)15-6-9-3-10(7-15)5-11(4-9)8-15/h9-12H,1-8H2. The quantitative estimate of drug-likeness (QED) is 0.716. The SMILES string of the molecule is O=C1OCCC1OC(=O)C12CC3CC(CC(C3)C1)C2. The van der Waals surface area contributed by atoms with Crippen LogP contribution in [0.3, 0.4) is 0 Å². The van der Waals surface area contributed by atoms with Crippen molar-refractivity contribution in [2.24, 2.45) is 23.2 Å². The van der Waals surface area contributed by atoms with Gasteiger partial charge in [0.05, 0.1) is 12.0 Å². The molecule has 0 radical (unpaired) electrons. The highest BCUT2D eigenvalue weighted by Crippen LogP contribution is 2.60. The molecule has 1 unspecified atom stereocenters. The van der Waals surface area contributed by atoms with Gasteiger partial charge in [-0.3, -0.25) is 4.79 Å². The van der Waals surface area contributed by atoms with E-state index in [2.05, 4.69) is 0 Å². The summed E-state index contributed by atoms with van der Waals surface area (Å²) in [5, 5.41) is 0. The molecule has 4 bridgehead atoms. The van der Waals surface area contributed by atoms with Crippen molar-refractivity contribution in [1.29, 1.82) is 0 Å². The third kappa shape index (κ3) is 1.79. The van der Waals surface area contributed by atoms with Crippen molar-refractivity contribution in [2.45, 2.75) is 51.0 Å². The van der Waals surface area contributed by atoms with Crippen molar-refractivity contribution in [3.05, 3.63) is 0 Å². The molecule has 104 valence electrons. The van der Waals surface area contributed by atoms with E-state index in [-0.39, 0.29) is 17.4 Å². The minimum absolute atomic E-state index is 0.115. The van der Waals surface area contributed by atoms with Gasteiger partial charge in [-0.25, -0.2) is 4.79 Å². The fourth-order valence-corrected chi connectivity index (χ4v) is 5.20. The summed E-state index contributed by atoms with van der Waals surface area (Å²) in [6.45, 7) is 0.387. The highest BCUT2D eigenvalue weighted by atomic mass is 16.6. The fraction of sp³-hybridized carbons (Fsp3) is 0.867. The zero-order chi connectivity index (χ0) is 13.0. The third-order valence-corrected chi connectivity index (χ3v) is 5.61. The van der Waals surface area contributed by atoms with E-state index in [0.717, 1.165) is 19.3 Å². The van der Waals surface area contributed by atoms with E-state index in [1.165, 1.54) is 19.3 Å². The summed E-state index contributed by atoms with van der Waals surface area (Å²) in [6.07, 6.45) is 6.75. The van der Waals surface area contributed by atoms with Crippen LogP contribution in [0.5, 0.6) is 0 Å². The summed E-state index contributed by atoms with van der Waals surface area (Å²) in [7, 11) is 0. The molecule has 5 rings (SSSR count). The molecule has 4 saturated carbocycles. The molecule has 0 spiro atoms. The van der Waals surface area contributed by atoms with E-state index >= 15 is 0 Å². The average Bonchev–Trinajstić information content (AvgIpc) is 2.73. The van der Waals surface area contributed by atoms with Crippen LogP contribution in [0.1, 0.15) is 44.9 Å². The van der Waals surface area contributed by atoms with Crippen LogP contribution < -0.4 is 0 Å². The second-order valence-corrected chi connectivity index (χ2v) is 7.05. The van der Waals surface area contributed by atoms with Crippen LogP contribution in [0, 0.1) is 23.2 Å². The largest absolute Gasteiger partial charge is 0.463 e. The molecule has 1 heterocycles. The Hall–Kier alpha value is -1.06. The van der Waals surface area contributed by atoms with Gasteiger partial charge in [-0.2, -0.15) is 0 Å². The number of carbonyl (C=O) groups is 2. The van der Waals surface area contributed by atoms with Crippen LogP contribution in [0.2, 0.25) is 0 Å². The maximum atomic E-state index is 12.6. The molecule has 1 aliphatic heterocycles. The smallest absolute Gasteiger partial charge is 0.347 e. The second-order valence-electron chi connectivity index (χ2n) is 7.05. The molecule has 4 nitrogen and oxygen atoms in total. The lowest BCUT2D eigenvalue weighted by Crippen LogP contribution is -2.51. The van der Waals surface area contributed by atoms with Crippen molar-refractivity contribution in [3.63, 3.8) is 0 Å². The fourth-order valence-electron chi connectivity index (χ4n) is 5.20. The maximum Gasteiger partial charge on any atom is 0.347 e. The number of ether oxygens (including phenoxy) is 2. The molecule has 5 fully saturated rings. The van der Waals surface area contributed by atoms with Crippen LogP contribution in [-0.4, -0.2) is 24.6 Å². The van der Waals surface area contributed by atoms with Crippen LogP contribution in [0.25, 0.3) is 0 Å². The molecule has 4 aliphatic carbocycles. The molecule has 0 N–H and O–H groups in total. The van der Waals surface area contributed by atoms with E-state index < -0.39 is 6.10 Å². The summed E-state index contributed by atoms with van der Waals surface area (Å²) < 4.78 is 10.4. The molecule has 0 aromatic rings. The van der Waals surface area contributed by atoms with E-state index in [1.807, 2.05) is 0 Å². The van der Waals surface area contributed by atoms with Gasteiger partial charge in [-0.1, -0.05) is 0 Å². The summed E-state index contributed by atoms with van der Waals surface area (Å²) in [4.78, 5) is 24.0. The Morgan fingerprint density at radius 2 is 1.68 bits per heavy atom. The van der Waals surface area contributed by atoms with Crippen molar-refractivity contribution in [3.8, 4) is 0 Å². The molecular formula is C15H20O4. The van der Waals surface area contributed by atoms with E-state index in [1.54, 1.807) is 0 Å². The van der Waals surface area contributed by atoms with Gasteiger partial charge in [-0.05, 0) is 56.3 Å². The first-order valence-electron chi connectivity index (χ1n) is 7.52. The van der Waals surface area contributed by atoms with Gasteiger partial charge in [0, 0.05) is 6.42 Å². The van der Waals surface area contributed by atoms with Gasteiger partial charge >= 0.3 is 11.9 Å². The lowest BCUT2D eigenvalue weighted by atomic mass is 9.49. The van der Waals surface area contributed by atoms with Crippen molar-refractivity contribution >= 4 is 11.9 Å². The zero-order valence-corrected chi connectivity index (χ0v) is 11.1. The normalized spacial score (nSPS) is 47.3. The Morgan fingerprint density at radius 3 is 2.16 bits per heavy atom. The molecule has 5 aliphatic rings.